The Morgan fingerprint density at radius 3 is 2.56 bits per heavy atom. The Morgan fingerprint density at radius 1 is 0.926 bits per heavy atom. The van der Waals surface area contributed by atoms with E-state index in [9.17, 15) is 5.11 Å². The summed E-state index contributed by atoms with van der Waals surface area (Å²) in [7, 11) is 2.09. The molecule has 0 aliphatic carbocycles. The SMILES string of the molecule is CCn1cc(CCO)c2cc(OCCc3cn(C)c4ccccc34)ccc21. The normalized spacial score (nSPS) is 11.5. The third kappa shape index (κ3) is 3.33. The lowest BCUT2D eigenvalue weighted by Gasteiger charge is -2.07. The Balaban J connectivity index is 1.52. The minimum atomic E-state index is 0.162. The number of rotatable bonds is 7. The fourth-order valence-corrected chi connectivity index (χ4v) is 3.92. The smallest absolute Gasteiger partial charge is 0.120 e. The van der Waals surface area contributed by atoms with Crippen LogP contribution in [-0.2, 0) is 26.4 Å². The molecule has 0 unspecified atom stereocenters. The van der Waals surface area contributed by atoms with Gasteiger partial charge in [0.05, 0.1) is 6.61 Å². The monoisotopic (exact) mass is 362 g/mol. The van der Waals surface area contributed by atoms with Crippen molar-refractivity contribution in [1.82, 2.24) is 9.13 Å². The topological polar surface area (TPSA) is 39.3 Å². The van der Waals surface area contributed by atoms with Crippen molar-refractivity contribution in [2.45, 2.75) is 26.3 Å². The van der Waals surface area contributed by atoms with Crippen molar-refractivity contribution < 1.29 is 9.84 Å². The number of aliphatic hydroxyl groups is 1. The molecule has 0 spiro atoms. The number of aryl methyl sites for hydroxylation is 2. The lowest BCUT2D eigenvalue weighted by molar-refractivity contribution is 0.300. The van der Waals surface area contributed by atoms with Gasteiger partial charge >= 0.3 is 0 Å². The summed E-state index contributed by atoms with van der Waals surface area (Å²) in [6, 6.07) is 14.7. The van der Waals surface area contributed by atoms with Crippen molar-refractivity contribution in [3.63, 3.8) is 0 Å². The van der Waals surface area contributed by atoms with Crippen LogP contribution in [0, 0.1) is 0 Å². The number of nitrogens with zero attached hydrogens (tertiary/aromatic N) is 2. The molecule has 1 N–H and O–H groups in total. The molecule has 2 heterocycles. The summed E-state index contributed by atoms with van der Waals surface area (Å²) in [5, 5.41) is 11.8. The van der Waals surface area contributed by atoms with Gasteiger partial charge in [-0.3, -0.25) is 0 Å². The number of ether oxygens (including phenoxy) is 1. The van der Waals surface area contributed by atoms with Gasteiger partial charge in [-0.05, 0) is 48.7 Å². The van der Waals surface area contributed by atoms with Crippen molar-refractivity contribution in [2.24, 2.45) is 7.05 Å². The van der Waals surface area contributed by atoms with E-state index in [0.717, 1.165) is 18.7 Å². The van der Waals surface area contributed by atoms with E-state index in [2.05, 4.69) is 71.9 Å². The molecule has 0 radical (unpaired) electrons. The number of hydrogen-bond donors (Lipinski definition) is 1. The number of hydrogen-bond acceptors (Lipinski definition) is 2. The quantitative estimate of drug-likeness (QED) is 0.532. The van der Waals surface area contributed by atoms with Gasteiger partial charge in [-0.15, -0.1) is 0 Å². The van der Waals surface area contributed by atoms with Gasteiger partial charge in [0.15, 0.2) is 0 Å². The van der Waals surface area contributed by atoms with Gasteiger partial charge in [-0.2, -0.15) is 0 Å². The molecule has 4 rings (SSSR count). The zero-order valence-corrected chi connectivity index (χ0v) is 16.0. The van der Waals surface area contributed by atoms with Gasteiger partial charge in [-0.1, -0.05) is 18.2 Å². The highest BCUT2D eigenvalue weighted by atomic mass is 16.5. The summed E-state index contributed by atoms with van der Waals surface area (Å²) < 4.78 is 10.5. The fraction of sp³-hybridized carbons (Fsp3) is 0.304. The Hall–Kier alpha value is -2.72. The molecule has 2 aromatic heterocycles. The van der Waals surface area contributed by atoms with Crippen LogP contribution in [0.4, 0.5) is 0 Å². The second-order valence-electron chi connectivity index (χ2n) is 6.97. The van der Waals surface area contributed by atoms with E-state index in [1.54, 1.807) is 0 Å². The molecule has 4 heteroatoms. The van der Waals surface area contributed by atoms with Crippen LogP contribution in [0.5, 0.6) is 5.75 Å². The molecule has 2 aromatic carbocycles. The lowest BCUT2D eigenvalue weighted by atomic mass is 10.1. The van der Waals surface area contributed by atoms with E-state index in [-0.39, 0.29) is 6.61 Å². The molecule has 0 amide bonds. The third-order valence-corrected chi connectivity index (χ3v) is 5.28. The molecule has 0 aliphatic rings. The van der Waals surface area contributed by atoms with Gasteiger partial charge in [0.1, 0.15) is 5.75 Å². The van der Waals surface area contributed by atoms with E-state index < -0.39 is 0 Å². The van der Waals surface area contributed by atoms with Crippen LogP contribution in [-0.4, -0.2) is 27.5 Å². The van der Waals surface area contributed by atoms with E-state index in [1.807, 2.05) is 6.07 Å². The van der Waals surface area contributed by atoms with Gasteiger partial charge in [0.25, 0.3) is 0 Å². The third-order valence-electron chi connectivity index (χ3n) is 5.28. The summed E-state index contributed by atoms with van der Waals surface area (Å²) in [6.07, 6.45) is 5.88. The maximum Gasteiger partial charge on any atom is 0.120 e. The van der Waals surface area contributed by atoms with Crippen LogP contribution in [0.3, 0.4) is 0 Å². The average molecular weight is 362 g/mol. The molecule has 0 saturated heterocycles. The molecular formula is C23H26N2O2. The minimum Gasteiger partial charge on any atom is -0.493 e. The molecule has 0 atom stereocenters. The van der Waals surface area contributed by atoms with Crippen molar-refractivity contribution in [3.8, 4) is 5.75 Å². The van der Waals surface area contributed by atoms with Crippen LogP contribution in [0.1, 0.15) is 18.1 Å². The standard InChI is InChI=1S/C23H26N2O2/c1-3-25-16-17(10-12-26)21-14-19(8-9-23(21)25)27-13-11-18-15-24(2)22-7-5-4-6-20(18)22/h4-9,14-16,26H,3,10-13H2,1-2H3. The Bertz CT molecular complexity index is 1070. The van der Waals surface area contributed by atoms with Crippen LogP contribution < -0.4 is 4.74 Å². The first-order valence-corrected chi connectivity index (χ1v) is 9.59. The van der Waals surface area contributed by atoms with Crippen LogP contribution in [0.25, 0.3) is 21.8 Å². The second-order valence-corrected chi connectivity index (χ2v) is 6.97. The summed E-state index contributed by atoms with van der Waals surface area (Å²) in [6.45, 7) is 3.86. The number of fused-ring (bicyclic) bond motifs is 2. The molecule has 4 nitrogen and oxygen atoms in total. The van der Waals surface area contributed by atoms with Crippen molar-refractivity contribution >= 4 is 21.8 Å². The van der Waals surface area contributed by atoms with Crippen LogP contribution >= 0.6 is 0 Å². The molecule has 0 fully saturated rings. The second kappa shape index (κ2) is 7.49. The Morgan fingerprint density at radius 2 is 1.74 bits per heavy atom. The molecule has 140 valence electrons. The Labute approximate surface area is 159 Å². The highest BCUT2D eigenvalue weighted by Crippen LogP contribution is 2.27. The Kier molecular flexibility index (Phi) is 4.90. The number of benzene rings is 2. The zero-order chi connectivity index (χ0) is 18.8. The minimum absolute atomic E-state index is 0.162. The fourth-order valence-electron chi connectivity index (χ4n) is 3.92. The number of aromatic nitrogens is 2. The highest BCUT2D eigenvalue weighted by molar-refractivity contribution is 5.85. The van der Waals surface area contributed by atoms with Crippen LogP contribution in [0.15, 0.2) is 54.9 Å². The number of para-hydroxylation sites is 1. The summed E-state index contributed by atoms with van der Waals surface area (Å²) in [5.74, 6) is 0.885. The molecule has 0 bridgehead atoms. The first-order chi connectivity index (χ1) is 13.2. The van der Waals surface area contributed by atoms with E-state index in [4.69, 9.17) is 4.74 Å². The number of aliphatic hydroxyl groups excluding tert-OH is 1. The molecule has 27 heavy (non-hydrogen) atoms. The maximum absolute atomic E-state index is 9.34. The van der Waals surface area contributed by atoms with Gasteiger partial charge in [-0.25, -0.2) is 0 Å². The average Bonchev–Trinajstić information content (AvgIpc) is 3.20. The van der Waals surface area contributed by atoms with Crippen LogP contribution in [0.2, 0.25) is 0 Å². The van der Waals surface area contributed by atoms with Gasteiger partial charge in [0.2, 0.25) is 0 Å². The largest absolute Gasteiger partial charge is 0.493 e. The molecular weight excluding hydrogens is 336 g/mol. The summed E-state index contributed by atoms with van der Waals surface area (Å²) in [4.78, 5) is 0. The van der Waals surface area contributed by atoms with Crippen molar-refractivity contribution in [3.05, 3.63) is 66.0 Å². The maximum atomic E-state index is 9.34. The van der Waals surface area contributed by atoms with Crippen molar-refractivity contribution in [2.75, 3.05) is 13.2 Å². The van der Waals surface area contributed by atoms with Crippen molar-refractivity contribution in [1.29, 1.82) is 0 Å². The molecule has 0 aliphatic heterocycles. The first kappa shape index (κ1) is 17.7. The van der Waals surface area contributed by atoms with Gasteiger partial charge in [0, 0.05) is 60.8 Å². The summed E-state index contributed by atoms with van der Waals surface area (Å²) >= 11 is 0. The predicted molar refractivity (Wildman–Crippen MR) is 111 cm³/mol. The van der Waals surface area contributed by atoms with E-state index in [0.29, 0.717) is 13.0 Å². The van der Waals surface area contributed by atoms with E-state index >= 15 is 0 Å². The van der Waals surface area contributed by atoms with Gasteiger partial charge < -0.3 is 19.0 Å². The zero-order valence-electron chi connectivity index (χ0n) is 16.0. The molecule has 4 aromatic rings. The highest BCUT2D eigenvalue weighted by Gasteiger charge is 2.10. The summed E-state index contributed by atoms with van der Waals surface area (Å²) in [5.41, 5.74) is 4.94. The molecule has 0 saturated carbocycles. The van der Waals surface area contributed by atoms with E-state index in [1.165, 1.54) is 32.9 Å². The predicted octanol–water partition coefficient (Wildman–Crippen LogP) is 4.31. The first-order valence-electron chi connectivity index (χ1n) is 9.59. The lowest BCUT2D eigenvalue weighted by Crippen LogP contribution is -2.01.